The van der Waals surface area contributed by atoms with Crippen molar-refractivity contribution in [1.82, 2.24) is 4.98 Å². The van der Waals surface area contributed by atoms with Crippen LogP contribution in [0.2, 0.25) is 0 Å². The number of halogens is 1. The van der Waals surface area contributed by atoms with E-state index in [9.17, 15) is 9.65 Å². The maximum atomic E-state index is 13.0. The number of allylic oxidation sites excluding steroid dienone is 1. The molecule has 2 nitrogen and oxygen atoms in total. The second kappa shape index (κ2) is 6.55. The van der Waals surface area contributed by atoms with Gasteiger partial charge in [-0.1, -0.05) is 29.8 Å². The first-order valence-corrected chi connectivity index (χ1v) is 7.94. The highest BCUT2D eigenvalue weighted by molar-refractivity contribution is 7.11. The van der Waals surface area contributed by atoms with E-state index in [2.05, 4.69) is 11.1 Å². The highest BCUT2D eigenvalue weighted by Gasteiger charge is 2.09. The third kappa shape index (κ3) is 3.53. The Morgan fingerprint density at radius 2 is 2.00 bits per heavy atom. The molecule has 0 fully saturated rings. The molecule has 3 aromatic rings. The maximum Gasteiger partial charge on any atom is 0.134 e. The van der Waals surface area contributed by atoms with Gasteiger partial charge in [0.25, 0.3) is 0 Å². The molecule has 23 heavy (non-hydrogen) atoms. The summed E-state index contributed by atoms with van der Waals surface area (Å²) in [5.74, 6) is -0.277. The molecule has 3 rings (SSSR count). The third-order valence-electron chi connectivity index (χ3n) is 3.35. The molecule has 0 aliphatic rings. The zero-order chi connectivity index (χ0) is 16.2. The number of thiazole rings is 1. The van der Waals surface area contributed by atoms with Crippen molar-refractivity contribution < 1.29 is 4.39 Å². The SMILES string of the molecule is Cc1cccc(C=C(C#N)c2nc(-c3ccc(F)cc3)cs2)c1. The molecule has 4 heteroatoms. The van der Waals surface area contributed by atoms with Gasteiger partial charge in [0.2, 0.25) is 0 Å². The van der Waals surface area contributed by atoms with Crippen LogP contribution < -0.4 is 0 Å². The molecule has 0 aliphatic heterocycles. The van der Waals surface area contributed by atoms with E-state index >= 15 is 0 Å². The number of rotatable bonds is 3. The summed E-state index contributed by atoms with van der Waals surface area (Å²) in [7, 11) is 0. The third-order valence-corrected chi connectivity index (χ3v) is 4.22. The zero-order valence-electron chi connectivity index (χ0n) is 12.5. The van der Waals surface area contributed by atoms with Gasteiger partial charge < -0.3 is 0 Å². The lowest BCUT2D eigenvalue weighted by molar-refractivity contribution is 0.628. The monoisotopic (exact) mass is 320 g/mol. The highest BCUT2D eigenvalue weighted by atomic mass is 32.1. The molecule has 0 bridgehead atoms. The number of hydrogen-bond donors (Lipinski definition) is 0. The number of aromatic nitrogens is 1. The minimum atomic E-state index is -0.277. The first kappa shape index (κ1) is 15.1. The Morgan fingerprint density at radius 1 is 1.22 bits per heavy atom. The molecular weight excluding hydrogens is 307 g/mol. The van der Waals surface area contributed by atoms with Gasteiger partial charge in [-0.25, -0.2) is 9.37 Å². The van der Waals surface area contributed by atoms with E-state index in [4.69, 9.17) is 0 Å². The Kier molecular flexibility index (Phi) is 4.31. The second-order valence-electron chi connectivity index (χ2n) is 5.13. The van der Waals surface area contributed by atoms with Crippen LogP contribution in [0.3, 0.4) is 0 Å². The van der Waals surface area contributed by atoms with Gasteiger partial charge in [-0.2, -0.15) is 5.26 Å². The molecule has 2 aromatic carbocycles. The largest absolute Gasteiger partial charge is 0.235 e. The molecule has 0 saturated carbocycles. The van der Waals surface area contributed by atoms with E-state index in [0.717, 1.165) is 22.4 Å². The molecule has 0 radical (unpaired) electrons. The van der Waals surface area contributed by atoms with Crippen LogP contribution in [0.15, 0.2) is 53.9 Å². The van der Waals surface area contributed by atoms with Crippen LogP contribution in [0.25, 0.3) is 22.9 Å². The van der Waals surface area contributed by atoms with Gasteiger partial charge in [0.15, 0.2) is 0 Å². The van der Waals surface area contributed by atoms with Crippen molar-refractivity contribution in [2.75, 3.05) is 0 Å². The van der Waals surface area contributed by atoms with Gasteiger partial charge in [-0.15, -0.1) is 11.3 Å². The van der Waals surface area contributed by atoms with Gasteiger partial charge in [0.1, 0.15) is 16.9 Å². The van der Waals surface area contributed by atoms with Crippen molar-refractivity contribution in [1.29, 1.82) is 5.26 Å². The van der Waals surface area contributed by atoms with Crippen LogP contribution in [0, 0.1) is 24.1 Å². The molecule has 0 unspecified atom stereocenters. The van der Waals surface area contributed by atoms with Crippen LogP contribution in [-0.2, 0) is 0 Å². The van der Waals surface area contributed by atoms with Crippen LogP contribution in [0.4, 0.5) is 4.39 Å². The summed E-state index contributed by atoms with van der Waals surface area (Å²) in [6.07, 6.45) is 1.83. The van der Waals surface area contributed by atoms with Crippen molar-refractivity contribution in [3.63, 3.8) is 0 Å². The normalized spacial score (nSPS) is 11.3. The fourth-order valence-corrected chi connectivity index (χ4v) is 3.01. The molecule has 0 saturated heterocycles. The van der Waals surface area contributed by atoms with Crippen molar-refractivity contribution in [3.05, 3.63) is 75.9 Å². The minimum Gasteiger partial charge on any atom is -0.235 e. The number of hydrogen-bond acceptors (Lipinski definition) is 3. The predicted molar refractivity (Wildman–Crippen MR) is 92.2 cm³/mol. The maximum absolute atomic E-state index is 13.0. The van der Waals surface area contributed by atoms with Gasteiger partial charge in [0.05, 0.1) is 11.3 Å². The van der Waals surface area contributed by atoms with E-state index in [-0.39, 0.29) is 5.82 Å². The molecule has 0 spiro atoms. The average molecular weight is 320 g/mol. The Balaban J connectivity index is 1.94. The molecule has 0 aliphatic carbocycles. The highest BCUT2D eigenvalue weighted by Crippen LogP contribution is 2.27. The van der Waals surface area contributed by atoms with E-state index < -0.39 is 0 Å². The number of benzene rings is 2. The summed E-state index contributed by atoms with van der Waals surface area (Å²) in [5, 5.41) is 12.0. The Hall–Kier alpha value is -2.77. The fourth-order valence-electron chi connectivity index (χ4n) is 2.22. The van der Waals surface area contributed by atoms with Crippen molar-refractivity contribution in [2.24, 2.45) is 0 Å². The van der Waals surface area contributed by atoms with Gasteiger partial charge in [-0.3, -0.25) is 0 Å². The summed E-state index contributed by atoms with van der Waals surface area (Å²) in [6, 6.07) is 16.3. The lowest BCUT2D eigenvalue weighted by Gasteiger charge is -1.98. The van der Waals surface area contributed by atoms with Crippen LogP contribution in [0.5, 0.6) is 0 Å². The van der Waals surface area contributed by atoms with Gasteiger partial charge in [-0.05, 0) is 42.8 Å². The Bertz CT molecular complexity index is 902. The quantitative estimate of drug-likeness (QED) is 0.612. The first-order chi connectivity index (χ1) is 11.2. The summed E-state index contributed by atoms with van der Waals surface area (Å²) in [5.41, 5.74) is 4.22. The van der Waals surface area contributed by atoms with Gasteiger partial charge >= 0.3 is 0 Å². The molecule has 1 aromatic heterocycles. The van der Waals surface area contributed by atoms with E-state index in [1.807, 2.05) is 42.6 Å². The number of nitrogens with zero attached hydrogens (tertiary/aromatic N) is 2. The van der Waals surface area contributed by atoms with E-state index in [1.165, 1.54) is 23.5 Å². The minimum absolute atomic E-state index is 0.277. The summed E-state index contributed by atoms with van der Waals surface area (Å²) in [4.78, 5) is 4.51. The molecule has 112 valence electrons. The Labute approximate surface area is 138 Å². The topological polar surface area (TPSA) is 36.7 Å². The molecule has 0 N–H and O–H groups in total. The van der Waals surface area contributed by atoms with Crippen molar-refractivity contribution in [3.8, 4) is 17.3 Å². The standard InChI is InChI=1S/C19H13FN2S/c1-13-3-2-4-14(9-13)10-16(11-21)19-22-18(12-23-19)15-5-7-17(20)8-6-15/h2-10,12H,1H3. The van der Waals surface area contributed by atoms with Crippen molar-refractivity contribution >= 4 is 23.0 Å². The average Bonchev–Trinajstić information content (AvgIpc) is 3.03. The zero-order valence-corrected chi connectivity index (χ0v) is 13.3. The smallest absolute Gasteiger partial charge is 0.134 e. The van der Waals surface area contributed by atoms with Crippen LogP contribution >= 0.6 is 11.3 Å². The van der Waals surface area contributed by atoms with E-state index in [0.29, 0.717) is 10.6 Å². The van der Waals surface area contributed by atoms with Gasteiger partial charge in [0, 0.05) is 10.9 Å². The number of nitriles is 1. The molecular formula is C19H13FN2S. The predicted octanol–water partition coefficient (Wildman–Crippen LogP) is 5.32. The van der Waals surface area contributed by atoms with Crippen LogP contribution in [-0.4, -0.2) is 4.98 Å². The summed E-state index contributed by atoms with van der Waals surface area (Å²) >= 11 is 1.41. The van der Waals surface area contributed by atoms with Crippen LogP contribution in [0.1, 0.15) is 16.1 Å². The Morgan fingerprint density at radius 3 is 2.70 bits per heavy atom. The van der Waals surface area contributed by atoms with E-state index in [1.54, 1.807) is 12.1 Å². The van der Waals surface area contributed by atoms with Crippen molar-refractivity contribution in [2.45, 2.75) is 6.92 Å². The lowest BCUT2D eigenvalue weighted by atomic mass is 10.1. The molecule has 0 atom stereocenters. The molecule has 1 heterocycles. The fraction of sp³-hybridized carbons (Fsp3) is 0.0526. The second-order valence-corrected chi connectivity index (χ2v) is 5.99. The first-order valence-electron chi connectivity index (χ1n) is 7.06. The summed E-state index contributed by atoms with van der Waals surface area (Å²) < 4.78 is 13.0. The summed E-state index contributed by atoms with van der Waals surface area (Å²) in [6.45, 7) is 2.01. The lowest BCUT2D eigenvalue weighted by Crippen LogP contribution is -1.84. The number of aryl methyl sites for hydroxylation is 1. The molecule has 0 amide bonds.